The zero-order valence-corrected chi connectivity index (χ0v) is 15.7. The lowest BCUT2D eigenvalue weighted by Crippen LogP contribution is -2.63. The monoisotopic (exact) mass is 345 g/mol. The third-order valence-electron chi connectivity index (χ3n) is 8.10. The molecule has 2 amide bonds. The second-order valence-corrected chi connectivity index (χ2v) is 9.94. The van der Waals surface area contributed by atoms with Crippen LogP contribution in [0.15, 0.2) is 0 Å². The van der Waals surface area contributed by atoms with Gasteiger partial charge in [-0.2, -0.15) is 0 Å². The van der Waals surface area contributed by atoms with Gasteiger partial charge in [0.2, 0.25) is 0 Å². The van der Waals surface area contributed by atoms with Gasteiger partial charge in [-0.3, -0.25) is 4.90 Å². The number of nitrogens with zero attached hydrogens (tertiary/aromatic N) is 2. The second-order valence-electron chi connectivity index (χ2n) is 9.94. The van der Waals surface area contributed by atoms with E-state index in [0.29, 0.717) is 0 Å². The first kappa shape index (κ1) is 16.4. The van der Waals surface area contributed by atoms with Crippen molar-refractivity contribution in [1.82, 2.24) is 15.1 Å². The summed E-state index contributed by atoms with van der Waals surface area (Å²) in [5.41, 5.74) is 0.159. The van der Waals surface area contributed by atoms with E-state index in [9.17, 15) is 4.79 Å². The fourth-order valence-electron chi connectivity index (χ4n) is 7.31. The Bertz CT molecular complexity index is 470. The van der Waals surface area contributed by atoms with Crippen molar-refractivity contribution in [2.24, 2.45) is 17.8 Å². The molecule has 4 heteroatoms. The lowest BCUT2D eigenvalue weighted by Gasteiger charge is -2.57. The highest BCUT2D eigenvalue weighted by Gasteiger charge is 2.51. The molecule has 1 N–H and O–H groups in total. The summed E-state index contributed by atoms with van der Waals surface area (Å²) in [7, 11) is 0. The fourth-order valence-corrected chi connectivity index (χ4v) is 7.31. The van der Waals surface area contributed by atoms with Crippen molar-refractivity contribution in [2.75, 3.05) is 26.2 Å². The van der Waals surface area contributed by atoms with Crippen LogP contribution in [0.3, 0.4) is 0 Å². The Morgan fingerprint density at radius 3 is 1.92 bits per heavy atom. The van der Waals surface area contributed by atoms with Crippen molar-refractivity contribution in [1.29, 1.82) is 0 Å². The Morgan fingerprint density at radius 1 is 0.800 bits per heavy atom. The van der Waals surface area contributed by atoms with E-state index in [1.54, 1.807) is 0 Å². The van der Waals surface area contributed by atoms with Crippen molar-refractivity contribution in [3.05, 3.63) is 0 Å². The van der Waals surface area contributed by atoms with E-state index < -0.39 is 0 Å². The molecule has 5 saturated carbocycles. The Labute approximate surface area is 152 Å². The van der Waals surface area contributed by atoms with Crippen LogP contribution in [0.2, 0.25) is 0 Å². The topological polar surface area (TPSA) is 35.6 Å². The smallest absolute Gasteiger partial charge is 0.317 e. The van der Waals surface area contributed by atoms with Crippen LogP contribution >= 0.6 is 0 Å². The van der Waals surface area contributed by atoms with E-state index in [0.717, 1.165) is 50.0 Å². The van der Waals surface area contributed by atoms with Crippen molar-refractivity contribution in [2.45, 2.75) is 82.2 Å². The zero-order chi connectivity index (χ0) is 16.9. The number of piperazine rings is 1. The number of carbonyl (C=O) groups is 1. The van der Waals surface area contributed by atoms with Gasteiger partial charge in [-0.15, -0.1) is 0 Å². The Morgan fingerprint density at radius 2 is 1.36 bits per heavy atom. The summed E-state index contributed by atoms with van der Waals surface area (Å²) in [5.74, 6) is 2.69. The SMILES string of the molecule is O=C(NC12CC3CC(CC(C3)C1)C2)N1CCN(C2CCCCC2)CC1. The number of hydrogen-bond donors (Lipinski definition) is 1. The molecule has 1 saturated heterocycles. The van der Waals surface area contributed by atoms with E-state index in [4.69, 9.17) is 0 Å². The van der Waals surface area contributed by atoms with Crippen molar-refractivity contribution in [3.8, 4) is 0 Å². The molecular weight excluding hydrogens is 310 g/mol. The highest BCUT2D eigenvalue weighted by Crippen LogP contribution is 2.55. The molecule has 0 unspecified atom stereocenters. The maximum absolute atomic E-state index is 13.0. The van der Waals surface area contributed by atoms with Gasteiger partial charge >= 0.3 is 6.03 Å². The highest BCUT2D eigenvalue weighted by atomic mass is 16.2. The molecule has 0 atom stereocenters. The van der Waals surface area contributed by atoms with Gasteiger partial charge in [0.25, 0.3) is 0 Å². The van der Waals surface area contributed by atoms with Crippen LogP contribution in [0.25, 0.3) is 0 Å². The number of amides is 2. The molecule has 0 radical (unpaired) electrons. The molecule has 0 aromatic carbocycles. The van der Waals surface area contributed by atoms with Gasteiger partial charge in [0.05, 0.1) is 0 Å². The first-order valence-electron chi connectivity index (χ1n) is 11.0. The summed E-state index contributed by atoms with van der Waals surface area (Å²) in [5, 5.41) is 3.56. The summed E-state index contributed by atoms with van der Waals surface area (Å²) in [6, 6.07) is 1.03. The number of rotatable bonds is 2. The van der Waals surface area contributed by atoms with Gasteiger partial charge in [-0.25, -0.2) is 4.79 Å². The molecule has 25 heavy (non-hydrogen) atoms. The predicted molar refractivity (Wildman–Crippen MR) is 99.5 cm³/mol. The molecule has 0 spiro atoms. The van der Waals surface area contributed by atoms with Gasteiger partial charge in [-0.05, 0) is 69.1 Å². The van der Waals surface area contributed by atoms with Crippen LogP contribution in [0, 0.1) is 17.8 Å². The van der Waals surface area contributed by atoms with Crippen molar-refractivity contribution >= 4 is 6.03 Å². The highest BCUT2D eigenvalue weighted by molar-refractivity contribution is 5.75. The maximum Gasteiger partial charge on any atom is 0.317 e. The van der Waals surface area contributed by atoms with E-state index in [1.165, 1.54) is 70.6 Å². The molecule has 1 aliphatic heterocycles. The predicted octanol–water partition coefficient (Wildman–Crippen LogP) is 3.62. The molecule has 1 heterocycles. The van der Waals surface area contributed by atoms with Crippen LogP contribution in [-0.4, -0.2) is 53.6 Å². The first-order valence-corrected chi connectivity index (χ1v) is 11.0. The van der Waals surface area contributed by atoms with Gasteiger partial charge in [0.15, 0.2) is 0 Å². The number of nitrogens with one attached hydrogen (secondary N) is 1. The van der Waals surface area contributed by atoms with Crippen LogP contribution in [0.5, 0.6) is 0 Å². The number of urea groups is 1. The van der Waals surface area contributed by atoms with E-state index in [2.05, 4.69) is 15.1 Å². The molecule has 4 nitrogen and oxygen atoms in total. The molecule has 6 aliphatic rings. The fraction of sp³-hybridized carbons (Fsp3) is 0.952. The molecule has 6 fully saturated rings. The van der Waals surface area contributed by atoms with E-state index in [1.807, 2.05) is 0 Å². The van der Waals surface area contributed by atoms with Gasteiger partial charge in [0.1, 0.15) is 0 Å². The minimum absolute atomic E-state index is 0.159. The summed E-state index contributed by atoms with van der Waals surface area (Å²) in [4.78, 5) is 17.7. The first-order chi connectivity index (χ1) is 12.2. The average Bonchev–Trinajstić information content (AvgIpc) is 2.61. The van der Waals surface area contributed by atoms with Crippen LogP contribution < -0.4 is 5.32 Å². The molecule has 5 aliphatic carbocycles. The standard InChI is InChI=1S/C21H35N3O/c25-20(22-21-13-16-10-17(14-21)12-18(11-16)15-21)24-8-6-23(7-9-24)19-4-2-1-3-5-19/h16-19H,1-15H2,(H,22,25). The minimum Gasteiger partial charge on any atom is -0.333 e. The Balaban J connectivity index is 1.16. The largest absolute Gasteiger partial charge is 0.333 e. The van der Waals surface area contributed by atoms with Crippen LogP contribution in [0.1, 0.15) is 70.6 Å². The summed E-state index contributed by atoms with van der Waals surface area (Å²) in [6.45, 7) is 4.02. The lowest BCUT2D eigenvalue weighted by atomic mass is 9.53. The van der Waals surface area contributed by atoms with E-state index in [-0.39, 0.29) is 11.6 Å². The number of hydrogen-bond acceptors (Lipinski definition) is 2. The summed E-state index contributed by atoms with van der Waals surface area (Å²) in [6.07, 6.45) is 15.1. The quantitative estimate of drug-likeness (QED) is 0.830. The third-order valence-corrected chi connectivity index (χ3v) is 8.10. The molecule has 4 bridgehead atoms. The van der Waals surface area contributed by atoms with Gasteiger partial charge < -0.3 is 10.2 Å². The lowest BCUT2D eigenvalue weighted by molar-refractivity contribution is -0.0169. The number of carbonyl (C=O) groups excluding carboxylic acids is 1. The summed E-state index contributed by atoms with van der Waals surface area (Å²) < 4.78 is 0. The molecular formula is C21H35N3O. The van der Waals surface area contributed by atoms with Gasteiger partial charge in [0, 0.05) is 37.8 Å². The molecule has 0 aromatic heterocycles. The van der Waals surface area contributed by atoms with Crippen molar-refractivity contribution in [3.63, 3.8) is 0 Å². The van der Waals surface area contributed by atoms with Crippen LogP contribution in [0.4, 0.5) is 4.79 Å². The van der Waals surface area contributed by atoms with Gasteiger partial charge in [-0.1, -0.05) is 19.3 Å². The van der Waals surface area contributed by atoms with Crippen molar-refractivity contribution < 1.29 is 4.79 Å². The third kappa shape index (κ3) is 3.20. The van der Waals surface area contributed by atoms with Crippen LogP contribution in [-0.2, 0) is 0 Å². The molecule has 6 rings (SSSR count). The molecule has 0 aromatic rings. The maximum atomic E-state index is 13.0. The molecule has 140 valence electrons. The average molecular weight is 346 g/mol. The minimum atomic E-state index is 0.159. The second kappa shape index (κ2) is 6.44. The zero-order valence-electron chi connectivity index (χ0n) is 15.7. The Kier molecular flexibility index (Phi) is 4.22. The van der Waals surface area contributed by atoms with E-state index >= 15 is 0 Å². The Hall–Kier alpha value is -0.770. The summed E-state index contributed by atoms with van der Waals surface area (Å²) >= 11 is 0. The normalized spacial score (nSPS) is 41.9.